The highest BCUT2D eigenvalue weighted by atomic mass is 16.6. The van der Waals surface area contributed by atoms with E-state index in [-0.39, 0.29) is 12.0 Å². The first-order chi connectivity index (χ1) is 17.5. The van der Waals surface area contributed by atoms with Crippen molar-refractivity contribution in [3.8, 4) is 0 Å². The molecule has 1 atom stereocenters. The second kappa shape index (κ2) is 11.7. The number of carbonyl (C=O) groups is 1. The van der Waals surface area contributed by atoms with Gasteiger partial charge in [0.2, 0.25) is 0 Å². The smallest absolute Gasteiger partial charge is 0.308 e. The third kappa shape index (κ3) is 8.39. The van der Waals surface area contributed by atoms with Crippen LogP contribution in [0.4, 0.5) is 0 Å². The van der Waals surface area contributed by atoms with E-state index in [1.54, 1.807) is 0 Å². The highest BCUT2D eigenvalue weighted by molar-refractivity contribution is 5.70. The number of aromatic nitrogens is 3. The van der Waals surface area contributed by atoms with Gasteiger partial charge < -0.3 is 9.47 Å². The van der Waals surface area contributed by atoms with Gasteiger partial charge in [-0.25, -0.2) is 4.68 Å². The number of hydrogen-bond donors (Lipinski definition) is 0. The van der Waals surface area contributed by atoms with Gasteiger partial charge in [0.05, 0.1) is 30.5 Å². The molecule has 4 rings (SSSR count). The molecule has 1 aromatic carbocycles. The number of nitrogens with zero attached hydrogens (tertiary/aromatic N) is 3. The standard InChI is InChI=1S/C31H47N3O3/c1-30(2,3)20-23-17-25(18-23)28-29(24-14-15-24)34(33-32-28)26(19-27(35)37-31(4,5)6)13-10-16-36-21-22-11-8-7-9-12-22/h7-9,11-12,23-26H,10,13-21H2,1-6H3/t23-,25+,26-/m0/s1. The predicted octanol–water partition coefficient (Wildman–Crippen LogP) is 7.36. The van der Waals surface area contributed by atoms with E-state index in [1.165, 1.54) is 49.1 Å². The molecule has 0 N–H and O–H groups in total. The normalized spacial score (nSPS) is 20.9. The average Bonchev–Trinajstić information content (AvgIpc) is 3.52. The molecule has 204 valence electrons. The molecule has 6 nitrogen and oxygen atoms in total. The maximum atomic E-state index is 12.9. The summed E-state index contributed by atoms with van der Waals surface area (Å²) >= 11 is 0. The zero-order valence-corrected chi connectivity index (χ0v) is 23.8. The van der Waals surface area contributed by atoms with E-state index in [4.69, 9.17) is 19.8 Å². The van der Waals surface area contributed by atoms with Crippen LogP contribution in [0.3, 0.4) is 0 Å². The molecule has 0 radical (unpaired) electrons. The second-order valence-electron chi connectivity index (χ2n) is 13.5. The van der Waals surface area contributed by atoms with Crippen LogP contribution in [-0.2, 0) is 20.9 Å². The van der Waals surface area contributed by atoms with Gasteiger partial charge in [-0.2, -0.15) is 0 Å². The fraction of sp³-hybridized carbons (Fsp3) is 0.710. The van der Waals surface area contributed by atoms with Crippen molar-refractivity contribution in [2.24, 2.45) is 11.3 Å². The van der Waals surface area contributed by atoms with Gasteiger partial charge in [-0.1, -0.05) is 56.3 Å². The Labute approximate surface area is 223 Å². The number of ether oxygens (including phenoxy) is 2. The second-order valence-corrected chi connectivity index (χ2v) is 13.5. The largest absolute Gasteiger partial charge is 0.460 e. The number of hydrogen-bond acceptors (Lipinski definition) is 5. The molecule has 1 aromatic heterocycles. The Hall–Kier alpha value is -2.21. The zero-order valence-electron chi connectivity index (χ0n) is 23.8. The minimum atomic E-state index is -0.499. The zero-order chi connectivity index (χ0) is 26.6. The molecule has 6 heteroatoms. The van der Waals surface area contributed by atoms with Crippen molar-refractivity contribution in [3.05, 3.63) is 47.3 Å². The quantitative estimate of drug-likeness (QED) is 0.221. The number of carbonyl (C=O) groups excluding carboxylic acids is 1. The minimum Gasteiger partial charge on any atom is -0.460 e. The summed E-state index contributed by atoms with van der Waals surface area (Å²) in [6.07, 6.45) is 8.05. The molecule has 0 aliphatic heterocycles. The summed E-state index contributed by atoms with van der Waals surface area (Å²) in [5.74, 6) is 1.65. The SMILES string of the molecule is CC(C)(C)C[C@H]1C[C@@H](c2nnn([C@@H](CCCOCc3ccccc3)CC(=O)OC(C)(C)C)c2C2CC2)C1. The molecule has 37 heavy (non-hydrogen) atoms. The number of esters is 1. The monoisotopic (exact) mass is 509 g/mol. The summed E-state index contributed by atoms with van der Waals surface area (Å²) < 4.78 is 13.8. The van der Waals surface area contributed by atoms with Crippen molar-refractivity contribution in [2.75, 3.05) is 6.61 Å². The molecule has 0 amide bonds. The predicted molar refractivity (Wildman–Crippen MR) is 146 cm³/mol. The summed E-state index contributed by atoms with van der Waals surface area (Å²) in [4.78, 5) is 12.9. The first-order valence-electron chi connectivity index (χ1n) is 14.3. The van der Waals surface area contributed by atoms with E-state index in [0.29, 0.717) is 36.9 Å². The molecule has 2 aliphatic rings. The molecule has 2 saturated carbocycles. The van der Waals surface area contributed by atoms with Crippen LogP contribution in [0.25, 0.3) is 0 Å². The lowest BCUT2D eigenvalue weighted by Gasteiger charge is -2.38. The first kappa shape index (κ1) is 27.8. The minimum absolute atomic E-state index is 0.0579. The van der Waals surface area contributed by atoms with Crippen LogP contribution in [0.2, 0.25) is 0 Å². The van der Waals surface area contributed by atoms with Gasteiger partial charge in [0, 0.05) is 18.4 Å². The van der Waals surface area contributed by atoms with Gasteiger partial charge in [0.15, 0.2) is 0 Å². The van der Waals surface area contributed by atoms with Crippen molar-refractivity contribution in [2.45, 2.75) is 123 Å². The Bertz CT molecular complexity index is 1010. The molecule has 2 aliphatic carbocycles. The lowest BCUT2D eigenvalue weighted by atomic mass is 9.67. The Morgan fingerprint density at radius 1 is 1.05 bits per heavy atom. The molecule has 1 heterocycles. The Balaban J connectivity index is 1.43. The lowest BCUT2D eigenvalue weighted by Crippen LogP contribution is -2.28. The number of rotatable bonds is 12. The van der Waals surface area contributed by atoms with Crippen LogP contribution < -0.4 is 0 Å². The van der Waals surface area contributed by atoms with Crippen LogP contribution >= 0.6 is 0 Å². The van der Waals surface area contributed by atoms with E-state index >= 15 is 0 Å². The van der Waals surface area contributed by atoms with Crippen molar-refractivity contribution in [3.63, 3.8) is 0 Å². The highest BCUT2D eigenvalue weighted by Gasteiger charge is 2.41. The van der Waals surface area contributed by atoms with Gasteiger partial charge in [0.1, 0.15) is 5.60 Å². The molecule has 0 saturated heterocycles. The summed E-state index contributed by atoms with van der Waals surface area (Å²) in [5.41, 5.74) is 3.53. The van der Waals surface area contributed by atoms with Gasteiger partial charge in [-0.3, -0.25) is 4.79 Å². The third-order valence-electron chi connectivity index (χ3n) is 7.35. The maximum Gasteiger partial charge on any atom is 0.308 e. The van der Waals surface area contributed by atoms with Crippen molar-refractivity contribution < 1.29 is 14.3 Å². The first-order valence-corrected chi connectivity index (χ1v) is 14.3. The fourth-order valence-electron chi connectivity index (χ4n) is 5.69. The summed E-state index contributed by atoms with van der Waals surface area (Å²) in [6, 6.07) is 10.2. The van der Waals surface area contributed by atoms with Crippen molar-refractivity contribution in [1.82, 2.24) is 15.0 Å². The maximum absolute atomic E-state index is 12.9. The van der Waals surface area contributed by atoms with Crippen LogP contribution in [0.15, 0.2) is 30.3 Å². The Morgan fingerprint density at radius 3 is 2.38 bits per heavy atom. The van der Waals surface area contributed by atoms with Crippen molar-refractivity contribution in [1.29, 1.82) is 0 Å². The number of benzene rings is 1. The molecule has 2 fully saturated rings. The van der Waals surface area contributed by atoms with E-state index < -0.39 is 5.60 Å². The fourth-order valence-corrected chi connectivity index (χ4v) is 5.69. The Kier molecular flexibility index (Phi) is 8.77. The van der Waals surface area contributed by atoms with Gasteiger partial charge in [-0.15, -0.1) is 5.10 Å². The van der Waals surface area contributed by atoms with Crippen molar-refractivity contribution >= 4 is 5.97 Å². The third-order valence-corrected chi connectivity index (χ3v) is 7.35. The van der Waals surface area contributed by atoms with Crippen LogP contribution in [-0.4, -0.2) is 33.2 Å². The average molecular weight is 510 g/mol. The lowest BCUT2D eigenvalue weighted by molar-refractivity contribution is -0.156. The van der Waals surface area contributed by atoms with E-state index in [9.17, 15) is 4.79 Å². The van der Waals surface area contributed by atoms with E-state index in [1.807, 2.05) is 39.0 Å². The molecular weight excluding hydrogens is 462 g/mol. The topological polar surface area (TPSA) is 66.2 Å². The summed E-state index contributed by atoms with van der Waals surface area (Å²) in [6.45, 7) is 14.0. The molecule has 0 bridgehead atoms. The summed E-state index contributed by atoms with van der Waals surface area (Å²) in [7, 11) is 0. The van der Waals surface area contributed by atoms with Crippen LogP contribution in [0.5, 0.6) is 0 Å². The molecular formula is C31H47N3O3. The van der Waals surface area contributed by atoms with Gasteiger partial charge in [-0.05, 0) is 82.6 Å². The summed E-state index contributed by atoms with van der Waals surface area (Å²) in [5, 5.41) is 9.44. The molecule has 0 unspecified atom stereocenters. The van der Waals surface area contributed by atoms with Gasteiger partial charge >= 0.3 is 5.97 Å². The molecule has 2 aromatic rings. The van der Waals surface area contributed by atoms with E-state index in [0.717, 1.165) is 18.8 Å². The van der Waals surface area contributed by atoms with Gasteiger partial charge in [0.25, 0.3) is 0 Å². The van der Waals surface area contributed by atoms with E-state index in [2.05, 4.69) is 37.6 Å². The van der Waals surface area contributed by atoms with Crippen LogP contribution in [0.1, 0.15) is 128 Å². The highest BCUT2D eigenvalue weighted by Crippen LogP contribution is 2.51. The Morgan fingerprint density at radius 2 is 1.76 bits per heavy atom. The van der Waals surface area contributed by atoms with Crippen LogP contribution in [0, 0.1) is 11.3 Å². The molecule has 0 spiro atoms.